The highest BCUT2D eigenvalue weighted by Crippen LogP contribution is 2.57. The fourth-order valence-electron chi connectivity index (χ4n) is 0.892. The van der Waals surface area contributed by atoms with E-state index in [-0.39, 0.29) is 0 Å². The van der Waals surface area contributed by atoms with Crippen molar-refractivity contribution in [2.75, 3.05) is 21.1 Å². The van der Waals surface area contributed by atoms with Crippen LogP contribution < -0.4 is 0 Å². The van der Waals surface area contributed by atoms with Gasteiger partial charge in [-0.1, -0.05) is 0 Å². The second-order valence-electron chi connectivity index (χ2n) is 2.61. The summed E-state index contributed by atoms with van der Waals surface area (Å²) in [6.07, 6.45) is 6.51. The molecule has 0 fully saturated rings. The lowest BCUT2D eigenvalue weighted by Crippen LogP contribution is -2.19. The average molecular weight is 186 g/mol. The molecule has 0 aromatic heterocycles. The second-order valence-corrected chi connectivity index (χ2v) is 5.21. The van der Waals surface area contributed by atoms with Gasteiger partial charge in [-0.3, -0.25) is 4.67 Å². The van der Waals surface area contributed by atoms with Crippen molar-refractivity contribution in [1.82, 2.24) is 9.34 Å². The van der Waals surface area contributed by atoms with Crippen molar-refractivity contribution >= 4 is 7.67 Å². The molecule has 0 N–H and O–H groups in total. The number of terminal acetylenes is 1. The molecule has 0 aliphatic carbocycles. The van der Waals surface area contributed by atoms with Crippen molar-refractivity contribution in [2.24, 2.45) is 0 Å². The smallest absolute Gasteiger partial charge is 0.421 e. The third-order valence-corrected chi connectivity index (χ3v) is 4.05. The summed E-state index contributed by atoms with van der Waals surface area (Å²) in [7, 11) is 2.15. The minimum atomic E-state index is -2.87. The van der Waals surface area contributed by atoms with Crippen LogP contribution in [0.15, 0.2) is 12.0 Å². The summed E-state index contributed by atoms with van der Waals surface area (Å²) in [4.78, 5) is 0. The summed E-state index contributed by atoms with van der Waals surface area (Å²) < 4.78 is 19.9. The molecule has 1 aliphatic heterocycles. The molecule has 5 heteroatoms. The van der Waals surface area contributed by atoms with Crippen LogP contribution in [-0.4, -0.2) is 30.5 Å². The van der Waals surface area contributed by atoms with Crippen LogP contribution in [0.1, 0.15) is 0 Å². The number of nitrogens with zero attached hydrogens (tertiary/aromatic N) is 2. The fourth-order valence-corrected chi connectivity index (χ4v) is 2.37. The zero-order valence-electron chi connectivity index (χ0n) is 7.31. The van der Waals surface area contributed by atoms with Gasteiger partial charge in [-0.05, 0) is 20.0 Å². The lowest BCUT2D eigenvalue weighted by Gasteiger charge is -2.25. The lowest BCUT2D eigenvalue weighted by atomic mass is 10.5. The molecule has 1 atom stereocenters. The maximum Gasteiger partial charge on any atom is 0.421 e. The average Bonchev–Trinajstić information content (AvgIpc) is 2.31. The first-order chi connectivity index (χ1) is 5.52. The van der Waals surface area contributed by atoms with Gasteiger partial charge in [0, 0.05) is 7.05 Å². The zero-order chi connectivity index (χ0) is 9.35. The topological polar surface area (TPSA) is 32.8 Å². The highest BCUT2D eigenvalue weighted by molar-refractivity contribution is 7.54. The Hall–Kier alpha value is -0.910. The van der Waals surface area contributed by atoms with Crippen LogP contribution in [0, 0.1) is 12.3 Å². The number of hydrogen-bond donors (Lipinski definition) is 0. The summed E-state index contributed by atoms with van der Waals surface area (Å²) in [5.41, 5.74) is 0.507. The van der Waals surface area contributed by atoms with Gasteiger partial charge < -0.3 is 4.52 Å². The molecule has 0 radical (unpaired) electrons. The van der Waals surface area contributed by atoms with Gasteiger partial charge in [0.2, 0.25) is 0 Å². The Bertz CT molecular complexity index is 303. The minimum Gasteiger partial charge on any atom is -0.423 e. The first-order valence-corrected chi connectivity index (χ1v) is 4.92. The summed E-state index contributed by atoms with van der Waals surface area (Å²) in [6, 6.07) is 0. The Morgan fingerprint density at radius 2 is 2.33 bits per heavy atom. The van der Waals surface area contributed by atoms with Gasteiger partial charge in [-0.15, -0.1) is 6.42 Å². The Balaban J connectivity index is 2.94. The van der Waals surface area contributed by atoms with Crippen LogP contribution >= 0.6 is 7.67 Å². The molecule has 0 spiro atoms. The van der Waals surface area contributed by atoms with Crippen LogP contribution in [-0.2, 0) is 9.09 Å². The Labute approximate surface area is 72.4 Å². The van der Waals surface area contributed by atoms with Crippen molar-refractivity contribution in [3.05, 3.63) is 12.0 Å². The van der Waals surface area contributed by atoms with E-state index in [0.717, 1.165) is 0 Å². The molecule has 1 aliphatic rings. The highest BCUT2D eigenvalue weighted by Gasteiger charge is 2.38. The SMILES string of the molecule is C#CC1=COP(=O)(N(C)C)N1C. The van der Waals surface area contributed by atoms with E-state index in [1.165, 1.54) is 15.6 Å². The van der Waals surface area contributed by atoms with Gasteiger partial charge in [-0.2, -0.15) is 0 Å². The molecular formula is C7H11N2O2P. The normalized spacial score (nSPS) is 28.2. The van der Waals surface area contributed by atoms with Crippen LogP contribution in [0.3, 0.4) is 0 Å². The molecule has 12 heavy (non-hydrogen) atoms. The molecule has 1 rings (SSSR count). The maximum absolute atomic E-state index is 11.9. The number of hydrogen-bond acceptors (Lipinski definition) is 2. The van der Waals surface area contributed by atoms with Crippen LogP contribution in [0.4, 0.5) is 0 Å². The number of rotatable bonds is 1. The van der Waals surface area contributed by atoms with Gasteiger partial charge in [0.05, 0.1) is 0 Å². The predicted octanol–water partition coefficient (Wildman–Crippen LogP) is 1.09. The van der Waals surface area contributed by atoms with Crippen molar-refractivity contribution < 1.29 is 9.09 Å². The third-order valence-electron chi connectivity index (χ3n) is 1.68. The molecule has 0 aromatic rings. The second kappa shape index (κ2) is 2.85. The van der Waals surface area contributed by atoms with Crippen LogP contribution in [0.2, 0.25) is 0 Å². The van der Waals surface area contributed by atoms with E-state index in [0.29, 0.717) is 5.70 Å². The summed E-state index contributed by atoms with van der Waals surface area (Å²) in [5.74, 6) is 2.39. The molecular weight excluding hydrogens is 175 g/mol. The van der Waals surface area contributed by atoms with Crippen LogP contribution in [0.5, 0.6) is 0 Å². The molecule has 0 bridgehead atoms. The molecule has 1 heterocycles. The highest BCUT2D eigenvalue weighted by atomic mass is 31.2. The molecule has 0 saturated heterocycles. The molecule has 0 amide bonds. The van der Waals surface area contributed by atoms with Crippen molar-refractivity contribution in [3.8, 4) is 12.3 Å². The number of allylic oxidation sites excluding steroid dienone is 1. The first-order valence-electron chi connectivity index (χ1n) is 3.39. The van der Waals surface area contributed by atoms with E-state index >= 15 is 0 Å². The zero-order valence-corrected chi connectivity index (χ0v) is 8.21. The standard InChI is InChI=1S/C7H11N2O2P/c1-5-7-6-11-12(10,8(2)3)9(7)4/h1,6H,2-4H3. The summed E-state index contributed by atoms with van der Waals surface area (Å²) >= 11 is 0. The fraction of sp³-hybridized carbons (Fsp3) is 0.429. The maximum atomic E-state index is 11.9. The molecule has 0 aromatic carbocycles. The van der Waals surface area contributed by atoms with Crippen molar-refractivity contribution in [2.45, 2.75) is 0 Å². The van der Waals surface area contributed by atoms with Gasteiger partial charge in [0.15, 0.2) is 0 Å². The molecule has 4 nitrogen and oxygen atoms in total. The quantitative estimate of drug-likeness (QED) is 0.453. The molecule has 66 valence electrons. The van der Waals surface area contributed by atoms with Crippen LogP contribution in [0.25, 0.3) is 0 Å². The van der Waals surface area contributed by atoms with E-state index in [1.807, 2.05) is 0 Å². The monoisotopic (exact) mass is 186 g/mol. The van der Waals surface area contributed by atoms with E-state index in [9.17, 15) is 4.57 Å². The Morgan fingerprint density at radius 1 is 1.75 bits per heavy atom. The van der Waals surface area contributed by atoms with E-state index in [1.54, 1.807) is 21.1 Å². The largest absolute Gasteiger partial charge is 0.423 e. The van der Waals surface area contributed by atoms with E-state index < -0.39 is 7.67 Å². The summed E-state index contributed by atoms with van der Waals surface area (Å²) in [6.45, 7) is 0. The predicted molar refractivity (Wildman–Crippen MR) is 47.1 cm³/mol. The Morgan fingerprint density at radius 3 is 2.58 bits per heavy atom. The Kier molecular flexibility index (Phi) is 2.18. The first kappa shape index (κ1) is 9.18. The minimum absolute atomic E-state index is 0.507. The van der Waals surface area contributed by atoms with Gasteiger partial charge >= 0.3 is 7.67 Å². The van der Waals surface area contributed by atoms with E-state index in [4.69, 9.17) is 10.9 Å². The van der Waals surface area contributed by atoms with Gasteiger partial charge in [0.25, 0.3) is 0 Å². The van der Waals surface area contributed by atoms with Crippen molar-refractivity contribution in [1.29, 1.82) is 0 Å². The van der Waals surface area contributed by atoms with Gasteiger partial charge in [0.1, 0.15) is 12.0 Å². The van der Waals surface area contributed by atoms with Gasteiger partial charge in [-0.25, -0.2) is 9.24 Å². The third kappa shape index (κ3) is 1.12. The van der Waals surface area contributed by atoms with E-state index in [2.05, 4.69) is 5.92 Å². The molecule has 1 unspecified atom stereocenters. The lowest BCUT2D eigenvalue weighted by molar-refractivity contribution is 0.360. The summed E-state index contributed by atoms with van der Waals surface area (Å²) in [5, 5.41) is 0. The van der Waals surface area contributed by atoms with Crippen molar-refractivity contribution in [3.63, 3.8) is 0 Å². The molecule has 0 saturated carbocycles.